The van der Waals surface area contributed by atoms with Crippen molar-refractivity contribution >= 4 is 30.7 Å². The number of halogens is 8. The van der Waals surface area contributed by atoms with Crippen molar-refractivity contribution in [1.82, 2.24) is 0 Å². The summed E-state index contributed by atoms with van der Waals surface area (Å²) in [7, 11) is 0. The molecule has 92 valence electrons. The summed E-state index contributed by atoms with van der Waals surface area (Å²) in [6.07, 6.45) is 3.18. The molecule has 11 heteroatoms. The van der Waals surface area contributed by atoms with Crippen LogP contribution in [0, 0.1) is 0 Å². The second-order valence-corrected chi connectivity index (χ2v) is 9.20. The zero-order chi connectivity index (χ0) is 12.3. The standard InChI is InChI=1S/C3H7F2OS.6FH.Sb/c1-7(2)6-3(4)5;;;;;;;/h3H,1-2H3;6*1H;/q+1;;;;;;;+5/p-6. The Kier molecular flexibility index (Phi) is 5.10. The van der Waals surface area contributed by atoms with Crippen molar-refractivity contribution < 1.29 is 29.8 Å². The fraction of sp³-hybridized carbons (Fsp3) is 1.00. The van der Waals surface area contributed by atoms with E-state index in [1.165, 1.54) is 0 Å². The Morgan fingerprint density at radius 2 is 1.14 bits per heavy atom. The molecule has 0 N–H and O–H groups in total. The van der Waals surface area contributed by atoms with E-state index in [2.05, 4.69) is 4.18 Å². The van der Waals surface area contributed by atoms with Crippen LogP contribution in [0.2, 0.25) is 0 Å². The van der Waals surface area contributed by atoms with Crippen LogP contribution in [0.3, 0.4) is 0 Å². The van der Waals surface area contributed by atoms with Gasteiger partial charge in [-0.1, -0.05) is 0 Å². The molecule has 0 aromatic carbocycles. The Hall–Kier alpha value is 0.568. The summed E-state index contributed by atoms with van der Waals surface area (Å²) >= 11 is -11.8. The van der Waals surface area contributed by atoms with Gasteiger partial charge in [0, 0.05) is 0 Å². The molecule has 0 aliphatic carbocycles. The normalized spacial score (nSPS) is 17.1. The maximum atomic E-state index is 11.1. The fourth-order valence-electron chi connectivity index (χ4n) is 0.145. The van der Waals surface area contributed by atoms with Gasteiger partial charge in [-0.15, -0.1) is 4.18 Å². The van der Waals surface area contributed by atoms with Gasteiger partial charge in [0.1, 0.15) is 23.7 Å². The first kappa shape index (κ1) is 17.0. The van der Waals surface area contributed by atoms with Crippen molar-refractivity contribution in [2.45, 2.75) is 6.61 Å². The first-order valence-electron chi connectivity index (χ1n) is 2.67. The Morgan fingerprint density at radius 3 is 1.14 bits per heavy atom. The van der Waals surface area contributed by atoms with Crippen molar-refractivity contribution in [1.29, 1.82) is 0 Å². The summed E-state index contributed by atoms with van der Waals surface area (Å²) in [6, 6.07) is 0. The van der Waals surface area contributed by atoms with Crippen LogP contribution in [0.5, 0.6) is 0 Å². The predicted molar refractivity (Wildman–Crippen MR) is 38.7 cm³/mol. The van der Waals surface area contributed by atoms with Crippen molar-refractivity contribution in [2.75, 3.05) is 12.5 Å². The van der Waals surface area contributed by atoms with Crippen LogP contribution in [0.25, 0.3) is 0 Å². The quantitative estimate of drug-likeness (QED) is 0.415. The Labute approximate surface area is 79.9 Å². The average Bonchev–Trinajstić information content (AvgIpc) is 1.46. The van der Waals surface area contributed by atoms with Crippen LogP contribution in [0.1, 0.15) is 0 Å². The molecule has 0 fully saturated rings. The minimum atomic E-state index is -11.2. The second-order valence-electron chi connectivity index (χ2n) is 2.06. The number of alkyl halides is 2. The number of rotatable bonds is 2. The first-order valence-corrected chi connectivity index (χ1v) is 10.4. The molecule has 14 heavy (non-hydrogen) atoms. The molecular formula is C3H7F8OSSb. The molecule has 1 nitrogen and oxygen atoms in total. The Balaban J connectivity index is 0. The van der Waals surface area contributed by atoms with Crippen molar-refractivity contribution in [3.8, 4) is 0 Å². The zero-order valence-corrected chi connectivity index (χ0v) is 10.2. The topological polar surface area (TPSA) is 9.23 Å². The second kappa shape index (κ2) is 4.21. The molecule has 0 aromatic heterocycles. The average molecular weight is 365 g/mol. The van der Waals surface area contributed by atoms with E-state index in [-0.39, 0.29) is 0 Å². The molecule has 0 saturated carbocycles. The van der Waals surface area contributed by atoms with Gasteiger partial charge in [0.25, 0.3) is 0 Å². The molecule has 0 atom stereocenters. The molecule has 0 saturated heterocycles. The number of hydrogen-bond donors (Lipinski definition) is 0. The molecule has 0 aliphatic rings. The van der Waals surface area contributed by atoms with Crippen LogP contribution < -0.4 is 0 Å². The number of hydrogen-bond acceptors (Lipinski definition) is 1. The van der Waals surface area contributed by atoms with Gasteiger partial charge in [-0.05, 0) is 0 Å². The monoisotopic (exact) mass is 364 g/mol. The summed E-state index contributed by atoms with van der Waals surface area (Å²) in [5.41, 5.74) is 0. The molecule has 0 aliphatic heterocycles. The summed E-state index contributed by atoms with van der Waals surface area (Å²) in [5, 5.41) is 0. The molecule has 0 unspecified atom stereocenters. The van der Waals surface area contributed by atoms with E-state index in [4.69, 9.17) is 0 Å². The van der Waals surface area contributed by atoms with Gasteiger partial charge in [0.15, 0.2) is 0 Å². The maximum absolute atomic E-state index is 11.2. The van der Waals surface area contributed by atoms with Crippen LogP contribution in [-0.2, 0) is 15.4 Å². The Bertz CT molecular complexity index is 152. The molecular weight excluding hydrogens is 358 g/mol. The van der Waals surface area contributed by atoms with Gasteiger partial charge in [-0.25, -0.2) is 0 Å². The van der Waals surface area contributed by atoms with Crippen LogP contribution in [-0.4, -0.2) is 38.6 Å². The van der Waals surface area contributed by atoms with E-state index in [0.717, 1.165) is 0 Å². The van der Waals surface area contributed by atoms with Crippen molar-refractivity contribution in [2.24, 2.45) is 0 Å². The third-order valence-electron chi connectivity index (χ3n) is 0.265. The van der Waals surface area contributed by atoms with Gasteiger partial charge in [-0.2, -0.15) is 8.78 Å². The van der Waals surface area contributed by atoms with E-state index in [1.54, 1.807) is 12.5 Å². The third-order valence-corrected chi connectivity index (χ3v) is 0.796. The first-order chi connectivity index (χ1) is 5.58. The van der Waals surface area contributed by atoms with Crippen LogP contribution in [0.15, 0.2) is 0 Å². The van der Waals surface area contributed by atoms with Gasteiger partial charge < -0.3 is 0 Å². The van der Waals surface area contributed by atoms with Crippen molar-refractivity contribution in [3.05, 3.63) is 0 Å². The SMILES string of the molecule is C[S+](C)OC(F)F.[F][Sb-]([F])([F])([F])([F])[F]. The zero-order valence-electron chi connectivity index (χ0n) is 6.86. The summed E-state index contributed by atoms with van der Waals surface area (Å²) in [6.45, 7) is -2.61. The predicted octanol–water partition coefficient (Wildman–Crippen LogP) is 3.16. The van der Waals surface area contributed by atoms with Gasteiger partial charge in [0.2, 0.25) is 0 Å². The van der Waals surface area contributed by atoms with E-state index < -0.39 is 37.3 Å². The molecule has 0 heterocycles. The van der Waals surface area contributed by atoms with Gasteiger partial charge in [0.05, 0.1) is 0 Å². The summed E-state index contributed by atoms with van der Waals surface area (Å²) in [5.74, 6) is 0. The molecule has 0 bridgehead atoms. The van der Waals surface area contributed by atoms with Crippen LogP contribution in [0.4, 0.5) is 25.7 Å². The van der Waals surface area contributed by atoms with E-state index in [1.807, 2.05) is 0 Å². The Morgan fingerprint density at radius 1 is 0.929 bits per heavy atom. The van der Waals surface area contributed by atoms with E-state index in [9.17, 15) is 25.7 Å². The van der Waals surface area contributed by atoms with Gasteiger partial charge in [-0.3, -0.25) is 0 Å². The minimum absolute atomic E-state index is 0.596. The molecule has 0 aromatic rings. The molecule has 0 rings (SSSR count). The van der Waals surface area contributed by atoms with Crippen LogP contribution >= 0.6 is 0 Å². The summed E-state index contributed by atoms with van der Waals surface area (Å²) in [4.78, 5) is 0. The third kappa shape index (κ3) is 80.6. The molecule has 0 spiro atoms. The van der Waals surface area contributed by atoms with E-state index in [0.29, 0.717) is 0 Å². The van der Waals surface area contributed by atoms with E-state index >= 15 is 0 Å². The van der Waals surface area contributed by atoms with Crippen molar-refractivity contribution in [3.63, 3.8) is 0 Å². The van der Waals surface area contributed by atoms with Gasteiger partial charge >= 0.3 is 43.0 Å². The summed E-state index contributed by atoms with van der Waals surface area (Å²) < 4.78 is 85.6. The molecule has 0 amide bonds. The molecule has 0 radical (unpaired) electrons. The fourth-order valence-corrected chi connectivity index (χ4v) is 0.436.